The van der Waals surface area contributed by atoms with Crippen LogP contribution in [0.25, 0.3) is 0 Å². The summed E-state index contributed by atoms with van der Waals surface area (Å²) in [5, 5.41) is 0. The lowest BCUT2D eigenvalue weighted by atomic mass is 10.1. The largest absolute Gasteiger partial charge is 0.481 e. The van der Waals surface area contributed by atoms with Crippen LogP contribution in [0.5, 0.6) is 5.88 Å². The molecule has 2 atom stereocenters. The van der Waals surface area contributed by atoms with Crippen molar-refractivity contribution in [3.05, 3.63) is 18.1 Å². The lowest BCUT2D eigenvalue weighted by Crippen LogP contribution is -2.45. The van der Waals surface area contributed by atoms with Crippen LogP contribution in [-0.2, 0) is 15.9 Å². The molecule has 94 valence electrons. The molecule has 0 aliphatic carbocycles. The van der Waals surface area contributed by atoms with Gasteiger partial charge in [0.25, 0.3) is 0 Å². The number of hydrogen-bond acceptors (Lipinski definition) is 6. The van der Waals surface area contributed by atoms with Crippen LogP contribution in [0.2, 0.25) is 0 Å². The van der Waals surface area contributed by atoms with Crippen LogP contribution in [-0.4, -0.2) is 49.0 Å². The Morgan fingerprint density at radius 2 is 2.41 bits per heavy atom. The summed E-state index contributed by atoms with van der Waals surface area (Å²) in [6, 6.07) is 1.65. The molecule has 1 aliphatic rings. The second-order valence-electron chi connectivity index (χ2n) is 3.90. The standard InChI is InChI=1S/C11H17N3O3/c1-15-11-5-8(13-7-14-11)4-9(12)10-6-16-2-3-17-10/h5,7,9-10H,2-4,6,12H2,1H3. The maximum Gasteiger partial charge on any atom is 0.216 e. The van der Waals surface area contributed by atoms with E-state index in [9.17, 15) is 0 Å². The molecule has 0 spiro atoms. The first-order chi connectivity index (χ1) is 8.29. The third kappa shape index (κ3) is 3.36. The molecule has 1 aromatic heterocycles. The zero-order valence-electron chi connectivity index (χ0n) is 9.83. The van der Waals surface area contributed by atoms with Crippen LogP contribution in [0, 0.1) is 0 Å². The van der Waals surface area contributed by atoms with E-state index in [2.05, 4.69) is 9.97 Å². The first-order valence-corrected chi connectivity index (χ1v) is 5.59. The number of rotatable bonds is 4. The van der Waals surface area contributed by atoms with Crippen molar-refractivity contribution >= 4 is 0 Å². The molecule has 6 heteroatoms. The summed E-state index contributed by atoms with van der Waals surface area (Å²) in [6.07, 6.45) is 2.02. The van der Waals surface area contributed by atoms with Crippen molar-refractivity contribution < 1.29 is 14.2 Å². The summed E-state index contributed by atoms with van der Waals surface area (Å²) in [5.74, 6) is 0.544. The van der Waals surface area contributed by atoms with Gasteiger partial charge < -0.3 is 19.9 Å². The van der Waals surface area contributed by atoms with Gasteiger partial charge in [-0.3, -0.25) is 0 Å². The molecule has 2 N–H and O–H groups in total. The Morgan fingerprint density at radius 1 is 1.53 bits per heavy atom. The maximum absolute atomic E-state index is 6.07. The lowest BCUT2D eigenvalue weighted by molar-refractivity contribution is -0.0968. The third-order valence-electron chi connectivity index (χ3n) is 2.67. The minimum Gasteiger partial charge on any atom is -0.481 e. The Bertz CT molecular complexity index is 356. The van der Waals surface area contributed by atoms with Gasteiger partial charge in [-0.25, -0.2) is 9.97 Å². The average molecular weight is 239 g/mol. The second kappa shape index (κ2) is 5.90. The molecule has 1 aromatic rings. The maximum atomic E-state index is 6.07. The number of aromatic nitrogens is 2. The molecule has 2 unspecified atom stereocenters. The van der Waals surface area contributed by atoms with E-state index in [4.69, 9.17) is 19.9 Å². The van der Waals surface area contributed by atoms with Crippen molar-refractivity contribution in [2.24, 2.45) is 5.73 Å². The van der Waals surface area contributed by atoms with Gasteiger partial charge in [-0.1, -0.05) is 0 Å². The van der Waals surface area contributed by atoms with Crippen LogP contribution in [0.1, 0.15) is 5.69 Å². The number of hydrogen-bond donors (Lipinski definition) is 1. The molecular weight excluding hydrogens is 222 g/mol. The Balaban J connectivity index is 1.94. The molecule has 1 aliphatic heterocycles. The van der Waals surface area contributed by atoms with Crippen LogP contribution in [0.3, 0.4) is 0 Å². The summed E-state index contributed by atoms with van der Waals surface area (Å²) < 4.78 is 15.9. The average Bonchev–Trinajstić information content (AvgIpc) is 2.40. The molecule has 2 heterocycles. The summed E-state index contributed by atoms with van der Waals surface area (Å²) in [7, 11) is 1.57. The highest BCUT2D eigenvalue weighted by Gasteiger charge is 2.22. The molecule has 0 amide bonds. The van der Waals surface area contributed by atoms with Gasteiger partial charge in [0, 0.05) is 24.2 Å². The van der Waals surface area contributed by atoms with Gasteiger partial charge in [0.15, 0.2) is 0 Å². The van der Waals surface area contributed by atoms with E-state index in [0.717, 1.165) is 5.69 Å². The Morgan fingerprint density at radius 3 is 3.12 bits per heavy atom. The fourth-order valence-corrected chi connectivity index (χ4v) is 1.73. The second-order valence-corrected chi connectivity index (χ2v) is 3.90. The lowest BCUT2D eigenvalue weighted by Gasteiger charge is -2.27. The van der Waals surface area contributed by atoms with Crippen molar-refractivity contribution in [2.75, 3.05) is 26.9 Å². The smallest absolute Gasteiger partial charge is 0.216 e. The quantitative estimate of drug-likeness (QED) is 0.782. The van der Waals surface area contributed by atoms with E-state index < -0.39 is 0 Å². The first kappa shape index (κ1) is 12.2. The van der Waals surface area contributed by atoms with Gasteiger partial charge in [0.1, 0.15) is 6.33 Å². The molecule has 2 rings (SSSR count). The van der Waals surface area contributed by atoms with E-state index in [1.54, 1.807) is 13.2 Å². The topological polar surface area (TPSA) is 79.5 Å². The van der Waals surface area contributed by atoms with Gasteiger partial charge in [0.2, 0.25) is 5.88 Å². The number of ether oxygens (including phenoxy) is 3. The van der Waals surface area contributed by atoms with Crippen molar-refractivity contribution in [2.45, 2.75) is 18.6 Å². The monoisotopic (exact) mass is 239 g/mol. The van der Waals surface area contributed by atoms with Gasteiger partial charge in [0.05, 0.1) is 33.0 Å². The van der Waals surface area contributed by atoms with Crippen LogP contribution < -0.4 is 10.5 Å². The van der Waals surface area contributed by atoms with Gasteiger partial charge in [-0.15, -0.1) is 0 Å². The molecule has 6 nitrogen and oxygen atoms in total. The summed E-state index contributed by atoms with van der Waals surface area (Å²) in [5.41, 5.74) is 6.91. The number of nitrogens with two attached hydrogens (primary N) is 1. The van der Waals surface area contributed by atoms with E-state index in [-0.39, 0.29) is 12.1 Å². The minimum atomic E-state index is -0.130. The molecule has 0 bridgehead atoms. The third-order valence-corrected chi connectivity index (χ3v) is 2.67. The molecule has 0 radical (unpaired) electrons. The minimum absolute atomic E-state index is 0.0651. The van der Waals surface area contributed by atoms with Gasteiger partial charge in [-0.2, -0.15) is 0 Å². The SMILES string of the molecule is COc1cc(CC(N)C2COCCO2)ncn1. The van der Waals surface area contributed by atoms with Crippen molar-refractivity contribution in [3.8, 4) is 5.88 Å². The highest BCUT2D eigenvalue weighted by atomic mass is 16.6. The van der Waals surface area contributed by atoms with Gasteiger partial charge >= 0.3 is 0 Å². The zero-order valence-corrected chi connectivity index (χ0v) is 9.83. The van der Waals surface area contributed by atoms with E-state index in [0.29, 0.717) is 32.1 Å². The van der Waals surface area contributed by atoms with Crippen LogP contribution in [0.15, 0.2) is 12.4 Å². The highest BCUT2D eigenvalue weighted by molar-refractivity contribution is 5.14. The predicted octanol–water partition coefficient (Wildman–Crippen LogP) is -0.230. The molecular formula is C11H17N3O3. The first-order valence-electron chi connectivity index (χ1n) is 5.59. The summed E-state index contributed by atoms with van der Waals surface area (Å²) in [4.78, 5) is 8.10. The van der Waals surface area contributed by atoms with Crippen LogP contribution >= 0.6 is 0 Å². The van der Waals surface area contributed by atoms with E-state index >= 15 is 0 Å². The van der Waals surface area contributed by atoms with E-state index in [1.165, 1.54) is 6.33 Å². The van der Waals surface area contributed by atoms with Crippen molar-refractivity contribution in [1.29, 1.82) is 0 Å². The Hall–Kier alpha value is -1.24. The molecule has 0 saturated carbocycles. The van der Waals surface area contributed by atoms with Crippen molar-refractivity contribution in [1.82, 2.24) is 9.97 Å². The normalized spacial score (nSPS) is 22.1. The molecule has 1 fully saturated rings. The van der Waals surface area contributed by atoms with Gasteiger partial charge in [-0.05, 0) is 0 Å². The molecule has 0 aromatic carbocycles. The Kier molecular flexibility index (Phi) is 4.24. The summed E-state index contributed by atoms with van der Waals surface area (Å²) >= 11 is 0. The molecule has 17 heavy (non-hydrogen) atoms. The number of nitrogens with zero attached hydrogens (tertiary/aromatic N) is 2. The molecule has 1 saturated heterocycles. The predicted molar refractivity (Wildman–Crippen MR) is 60.8 cm³/mol. The Labute approximate surface area is 100 Å². The fourth-order valence-electron chi connectivity index (χ4n) is 1.73. The highest BCUT2D eigenvalue weighted by Crippen LogP contribution is 2.11. The van der Waals surface area contributed by atoms with Crippen molar-refractivity contribution in [3.63, 3.8) is 0 Å². The van der Waals surface area contributed by atoms with E-state index in [1.807, 2.05) is 0 Å². The van der Waals surface area contributed by atoms with Crippen LogP contribution in [0.4, 0.5) is 0 Å². The summed E-state index contributed by atoms with van der Waals surface area (Å²) in [6.45, 7) is 1.79. The zero-order chi connectivity index (χ0) is 12.1. The number of methoxy groups -OCH3 is 1. The fraction of sp³-hybridized carbons (Fsp3) is 0.636.